The van der Waals surface area contributed by atoms with Crippen molar-refractivity contribution in [3.8, 4) is 17.2 Å². The summed E-state index contributed by atoms with van der Waals surface area (Å²) in [7, 11) is 4.02. The summed E-state index contributed by atoms with van der Waals surface area (Å²) in [6.45, 7) is 78.2. The van der Waals surface area contributed by atoms with Crippen LogP contribution in [0.1, 0.15) is 342 Å². The van der Waals surface area contributed by atoms with Gasteiger partial charge >= 0.3 is 5.63 Å². The lowest BCUT2D eigenvalue weighted by Gasteiger charge is -2.27. The van der Waals surface area contributed by atoms with E-state index in [9.17, 15) is 19.2 Å². The number of hydrogen-bond donors (Lipinski definition) is 3. The van der Waals surface area contributed by atoms with Crippen molar-refractivity contribution >= 4 is 101 Å². The molecule has 16 heteroatoms. The molecule has 0 radical (unpaired) electrons. The largest absolute Gasteiger partial charge is 0.457 e. The Labute approximate surface area is 847 Å². The van der Waals surface area contributed by atoms with E-state index in [0.29, 0.717) is 76.6 Å². The summed E-state index contributed by atoms with van der Waals surface area (Å²) in [4.78, 5) is 65.5. The number of para-hydroxylation sites is 6. The third kappa shape index (κ3) is 38.4. The zero-order chi connectivity index (χ0) is 106. The fraction of sp³-hybridized carbons (Fsp3) is 0.416. The van der Waals surface area contributed by atoms with E-state index < -0.39 is 0 Å². The molecule has 12 aromatic rings. The van der Waals surface area contributed by atoms with Gasteiger partial charge in [-0.05, 0) is 214 Å². The lowest BCUT2D eigenvalue weighted by Crippen LogP contribution is -2.19. The van der Waals surface area contributed by atoms with Crippen LogP contribution in [-0.2, 0) is 31.6 Å². The maximum atomic E-state index is 12.1. The molecule has 4 aliphatic rings. The van der Waals surface area contributed by atoms with Gasteiger partial charge in [0.2, 0.25) is 0 Å². The number of aromatic nitrogens is 4. The average molecular weight is 1920 g/mol. The van der Waals surface area contributed by atoms with Gasteiger partial charge in [-0.3, -0.25) is 19.4 Å². The zero-order valence-corrected chi connectivity index (χ0v) is 92.2. The number of oxazole rings is 1. The molecule has 0 saturated heterocycles. The van der Waals surface area contributed by atoms with Crippen LogP contribution in [0.5, 0.6) is 17.2 Å². The fourth-order valence-corrected chi connectivity index (χ4v) is 15.2. The number of nitrogens with zero attached hydrogens (tertiary/aromatic N) is 4. The predicted octanol–water partition coefficient (Wildman–Crippen LogP) is 34.6. The Morgan fingerprint density at radius 3 is 1.32 bits per heavy atom. The zero-order valence-electron chi connectivity index (χ0n) is 92.2. The number of ketones is 3. The number of anilines is 3. The molecule has 0 unspecified atom stereocenters. The van der Waals surface area contributed by atoms with Crippen molar-refractivity contribution in [2.24, 2.45) is 21.7 Å². The van der Waals surface area contributed by atoms with Crippen molar-refractivity contribution in [2.75, 3.05) is 30.5 Å². The monoisotopic (exact) mass is 1910 g/mol. The summed E-state index contributed by atoms with van der Waals surface area (Å²) in [6, 6.07) is 61.5. The number of nitrogens with two attached hydrogens (primary N) is 2. The fourth-order valence-electron chi connectivity index (χ4n) is 15.2. The molecule has 0 bridgehead atoms. The smallest absolute Gasteiger partial charge is 0.336 e. The number of benzene rings is 8. The van der Waals surface area contributed by atoms with Gasteiger partial charge in [0, 0.05) is 131 Å². The minimum absolute atomic E-state index is 0.0339. The van der Waals surface area contributed by atoms with E-state index in [1.54, 1.807) is 6.07 Å². The second kappa shape index (κ2) is 56.7. The Balaban J connectivity index is 0.000000334. The number of imidazole rings is 1. The lowest BCUT2D eigenvalue weighted by molar-refractivity contribution is -0.127. The van der Waals surface area contributed by atoms with Crippen molar-refractivity contribution in [3.63, 3.8) is 0 Å². The number of aromatic amines is 1. The molecule has 0 fully saturated rings. The molecular formula is C125H171N7O9. The maximum Gasteiger partial charge on any atom is 0.336 e. The SMILES string of the molecule is C=C1C=C(CCCC(=O)C(C)(C)C)c2ccc(N(C)C)cc2O1.C=C1C=C(CCCC(=O)C(C)(C)C)c2ccc(N)cc2O1.C=C1C=C(CCCC(C)(C)C)c2ccc(N)cc2O1.CC.CC.CC.CC.CC.CC(C)(C)C1=CC(=O)Cc2ccccc21.CC(C)(C)c1cc(=O)oc2ccccc12.CC(C)(C)c1ccnc2ccccc12.CC(C)c1nc2ccccc2[nH]1.CC(C)c1nc2ccccc2o1. The van der Waals surface area contributed by atoms with Gasteiger partial charge in [-0.15, -0.1) is 0 Å². The highest BCUT2D eigenvalue weighted by Gasteiger charge is 2.29. The van der Waals surface area contributed by atoms with Crippen LogP contribution in [0.3, 0.4) is 0 Å². The molecule has 5 N–H and O–H groups in total. The molecule has 16 rings (SSSR count). The van der Waals surface area contributed by atoms with Gasteiger partial charge < -0.3 is 44.4 Å². The maximum absolute atomic E-state index is 12.1. The second-order valence-electron chi connectivity index (χ2n) is 41.2. The number of nitrogen functional groups attached to an aromatic ring is 2. The number of hydrogen-bond acceptors (Lipinski definition) is 15. The van der Waals surface area contributed by atoms with Gasteiger partial charge in [0.1, 0.15) is 63.0 Å². The molecule has 1 aliphatic carbocycles. The van der Waals surface area contributed by atoms with Crippen LogP contribution in [0, 0.1) is 21.7 Å². The molecule has 7 heterocycles. The highest BCUT2D eigenvalue weighted by Crippen LogP contribution is 2.43. The Morgan fingerprint density at radius 1 is 0.433 bits per heavy atom. The first-order valence-electron chi connectivity index (χ1n) is 50.8. The van der Waals surface area contributed by atoms with Crippen LogP contribution in [0.4, 0.5) is 17.1 Å². The van der Waals surface area contributed by atoms with Gasteiger partial charge in [0.05, 0.1) is 16.6 Å². The number of rotatable bonds is 14. The molecule has 760 valence electrons. The summed E-state index contributed by atoms with van der Waals surface area (Å²) in [6.07, 6.45) is 18.2. The number of fused-ring (bicyclic) bond motifs is 8. The highest BCUT2D eigenvalue weighted by molar-refractivity contribution is 6.03. The molecular weight excluding hydrogens is 1740 g/mol. The first kappa shape index (κ1) is 121. The number of pyridine rings is 1. The average Bonchev–Trinajstić information content (AvgIpc) is 1.74. The van der Waals surface area contributed by atoms with E-state index in [1.807, 2.05) is 300 Å². The lowest BCUT2D eigenvalue weighted by atomic mass is 9.76. The Kier molecular flexibility index (Phi) is 48.5. The van der Waals surface area contributed by atoms with Crippen LogP contribution < -0.4 is 36.2 Å². The minimum Gasteiger partial charge on any atom is -0.457 e. The van der Waals surface area contributed by atoms with Gasteiger partial charge in [-0.1, -0.05) is 326 Å². The number of carbonyl (C=O) groups excluding carboxylic acids is 3. The third-order valence-corrected chi connectivity index (χ3v) is 22.5. The second-order valence-corrected chi connectivity index (χ2v) is 41.2. The number of nitrogens with one attached hydrogen (secondary N) is 1. The molecule has 0 spiro atoms. The summed E-state index contributed by atoms with van der Waals surface area (Å²) < 4.78 is 27.7. The molecule has 16 nitrogen and oxygen atoms in total. The molecule has 8 aromatic carbocycles. The van der Waals surface area contributed by atoms with Crippen molar-refractivity contribution in [1.82, 2.24) is 19.9 Å². The summed E-state index contributed by atoms with van der Waals surface area (Å²) >= 11 is 0. The van der Waals surface area contributed by atoms with Gasteiger partial charge in [-0.25, -0.2) is 14.8 Å². The quantitative estimate of drug-likeness (QED) is 0.0679. The Morgan fingerprint density at radius 2 is 0.865 bits per heavy atom. The standard InChI is InChI=1S/C20H27NO2.C18H23NO2.C17H23NO.C14H16O.C13H15N.C13H14O2.C10H12N2.C10H11NO.5C2H6/c1-14-12-15(8-7-9-19(22)20(2,3)4)17-11-10-16(21(5)6)13-18(17)23-14;1-12-10-13(6-5-7-17(20)18(2,3)4)15-9-8-14(19)11-16(15)21-12;1-12-10-13(6-5-9-17(2,3)4)15-8-7-14(18)11-16(15)19-12;1-14(2,3)13-9-11(15)8-10-6-4-5-7-12(10)13;1-13(2,3)11-8-9-14-12-7-5-4-6-10(11)12;1-13(2,3)10-8-12(14)15-11-7-5-4-6-9(10)11;2*1-7(2)10-11-8-5-3-4-6-9(8)12-10;5*1-2/h10-13H,1,7-9H2,2-6H3;8-11H,1,5-7,19H2,2-4H3;7-8,10-11H,1,5-6,9,18H2,2-4H3;4-7,9H,8H2,1-3H3;4-9H,1-3H3;4-8H,1-3H3;3-7H,1-2H3,(H,11,12);3-7H,1-2H3;5*1-2H3. The van der Waals surface area contributed by atoms with Crippen molar-refractivity contribution in [1.29, 1.82) is 0 Å². The molecule has 0 saturated carbocycles. The van der Waals surface area contributed by atoms with Crippen LogP contribution in [-0.4, -0.2) is 51.4 Å². The predicted molar refractivity (Wildman–Crippen MR) is 605 cm³/mol. The highest BCUT2D eigenvalue weighted by atomic mass is 16.5. The van der Waals surface area contributed by atoms with Crippen molar-refractivity contribution in [3.05, 3.63) is 317 Å². The van der Waals surface area contributed by atoms with Gasteiger partial charge in [0.15, 0.2) is 17.3 Å². The molecule has 141 heavy (non-hydrogen) atoms. The number of Topliss-reactive ketones (excluding diaryl/α,β-unsaturated/α-hetero) is 2. The first-order chi connectivity index (χ1) is 66.4. The topological polar surface area (TPSA) is 232 Å². The van der Waals surface area contributed by atoms with E-state index in [4.69, 9.17) is 34.5 Å². The number of allylic oxidation sites excluding steroid dienone is 8. The Bertz CT molecular complexity index is 6100. The van der Waals surface area contributed by atoms with E-state index in [2.05, 4.69) is 193 Å². The number of H-pyrrole nitrogens is 1. The Hall–Kier alpha value is -12.7. The number of carbonyl (C=O) groups is 3. The molecule has 0 amide bonds. The van der Waals surface area contributed by atoms with Crippen LogP contribution >= 0.6 is 0 Å². The first-order valence-corrected chi connectivity index (χ1v) is 50.8. The minimum atomic E-state index is -0.279. The van der Waals surface area contributed by atoms with Crippen LogP contribution in [0.25, 0.3) is 66.3 Å². The van der Waals surface area contributed by atoms with Crippen molar-refractivity contribution in [2.45, 2.75) is 308 Å². The molecule has 3 aliphatic heterocycles. The van der Waals surface area contributed by atoms with Crippen LogP contribution in [0.2, 0.25) is 0 Å². The molecule has 0 atom stereocenters. The van der Waals surface area contributed by atoms with Crippen molar-refractivity contribution < 1.29 is 37.4 Å². The summed E-state index contributed by atoms with van der Waals surface area (Å²) in [5.41, 5.74) is 32.5. The van der Waals surface area contributed by atoms with Gasteiger partial charge in [-0.2, -0.15) is 0 Å². The number of ether oxygens (including phenoxy) is 3. The normalized spacial score (nSPS) is 12.7. The molecule has 4 aromatic heterocycles. The van der Waals surface area contributed by atoms with Crippen LogP contribution in [0.15, 0.2) is 269 Å². The van der Waals surface area contributed by atoms with E-state index >= 15 is 0 Å². The summed E-state index contributed by atoms with van der Waals surface area (Å²) in [5, 5.41) is 2.28. The summed E-state index contributed by atoms with van der Waals surface area (Å²) in [5.74, 6) is 7.94. The van der Waals surface area contributed by atoms with E-state index in [-0.39, 0.29) is 38.5 Å². The van der Waals surface area contributed by atoms with E-state index in [1.165, 1.54) is 40.5 Å². The third-order valence-electron chi connectivity index (χ3n) is 22.5. The van der Waals surface area contributed by atoms with Gasteiger partial charge in [0.25, 0.3) is 0 Å². The van der Waals surface area contributed by atoms with E-state index in [0.717, 1.165) is 144 Å².